The van der Waals surface area contributed by atoms with Crippen molar-refractivity contribution >= 4 is 34.1 Å². The minimum Gasteiger partial charge on any atom is -0.436 e. The van der Waals surface area contributed by atoms with Gasteiger partial charge in [-0.2, -0.15) is 0 Å². The summed E-state index contributed by atoms with van der Waals surface area (Å²) in [7, 11) is 0. The molecule has 0 aliphatic rings. The summed E-state index contributed by atoms with van der Waals surface area (Å²) in [6, 6.07) is 18.8. The van der Waals surface area contributed by atoms with Crippen molar-refractivity contribution in [1.82, 2.24) is 4.98 Å². The summed E-state index contributed by atoms with van der Waals surface area (Å²) >= 11 is 0. The van der Waals surface area contributed by atoms with Crippen LogP contribution in [0.1, 0.15) is 24.2 Å². The van der Waals surface area contributed by atoms with Gasteiger partial charge in [0.15, 0.2) is 5.58 Å². The number of hydrogen-bond acceptors (Lipinski definition) is 6. The number of carbonyl (C=O) groups is 1. The van der Waals surface area contributed by atoms with Gasteiger partial charge in [-0.3, -0.25) is 14.9 Å². The van der Waals surface area contributed by atoms with E-state index < -0.39 is 10.8 Å². The van der Waals surface area contributed by atoms with Crippen LogP contribution in [0.4, 0.5) is 17.1 Å². The van der Waals surface area contributed by atoms with Crippen LogP contribution in [0.2, 0.25) is 0 Å². The highest BCUT2D eigenvalue weighted by Crippen LogP contribution is 2.28. The van der Waals surface area contributed by atoms with Gasteiger partial charge in [-0.05, 0) is 62.4 Å². The Hall–Kier alpha value is -4.20. The van der Waals surface area contributed by atoms with Gasteiger partial charge in [-0.15, -0.1) is 0 Å². The minimum absolute atomic E-state index is 0.138. The van der Waals surface area contributed by atoms with E-state index in [2.05, 4.69) is 29.0 Å². The van der Waals surface area contributed by atoms with Gasteiger partial charge in [-0.25, -0.2) is 4.98 Å². The van der Waals surface area contributed by atoms with Crippen LogP contribution >= 0.6 is 0 Å². The number of carbonyl (C=O) groups excluding carboxylic acids is 1. The zero-order chi connectivity index (χ0) is 22.7. The number of rotatable bonds is 7. The topological polar surface area (TPSA) is 102 Å². The smallest absolute Gasteiger partial charge is 0.270 e. The summed E-state index contributed by atoms with van der Waals surface area (Å²) < 4.78 is 5.88. The molecule has 0 bridgehead atoms. The lowest BCUT2D eigenvalue weighted by Crippen LogP contribution is -2.21. The van der Waals surface area contributed by atoms with E-state index in [-0.39, 0.29) is 11.3 Å². The van der Waals surface area contributed by atoms with E-state index >= 15 is 0 Å². The molecule has 1 N–H and O–H groups in total. The number of nitro benzene ring substituents is 1. The zero-order valence-corrected chi connectivity index (χ0v) is 17.7. The molecule has 0 spiro atoms. The van der Waals surface area contributed by atoms with E-state index in [0.717, 1.165) is 24.3 Å². The van der Waals surface area contributed by atoms with E-state index in [4.69, 9.17) is 4.42 Å². The van der Waals surface area contributed by atoms with E-state index in [0.29, 0.717) is 22.7 Å². The van der Waals surface area contributed by atoms with Gasteiger partial charge in [-0.1, -0.05) is 6.07 Å². The molecule has 0 atom stereocenters. The Morgan fingerprint density at radius 3 is 2.50 bits per heavy atom. The molecule has 1 amide bonds. The average molecular weight is 430 g/mol. The molecule has 0 radical (unpaired) electrons. The lowest BCUT2D eigenvalue weighted by atomic mass is 10.2. The lowest BCUT2D eigenvalue weighted by Gasteiger charge is -2.20. The number of aromatic nitrogens is 1. The highest BCUT2D eigenvalue weighted by molar-refractivity contribution is 6.05. The fraction of sp³-hybridized carbons (Fsp3) is 0.167. The van der Waals surface area contributed by atoms with E-state index in [1.165, 1.54) is 24.3 Å². The van der Waals surface area contributed by atoms with Gasteiger partial charge < -0.3 is 14.6 Å². The lowest BCUT2D eigenvalue weighted by molar-refractivity contribution is -0.384. The molecule has 1 aromatic heterocycles. The number of non-ortho nitro benzene ring substituents is 1. The molecule has 32 heavy (non-hydrogen) atoms. The maximum atomic E-state index is 12.5. The summed E-state index contributed by atoms with van der Waals surface area (Å²) in [5.74, 6) is 0.0528. The van der Waals surface area contributed by atoms with Crippen LogP contribution in [0, 0.1) is 10.1 Å². The van der Waals surface area contributed by atoms with Crippen molar-refractivity contribution in [2.24, 2.45) is 0 Å². The number of benzene rings is 3. The third-order valence-corrected chi connectivity index (χ3v) is 5.21. The van der Waals surface area contributed by atoms with E-state index in [1.54, 1.807) is 18.2 Å². The number of hydrogen-bond donors (Lipinski definition) is 1. The zero-order valence-electron chi connectivity index (χ0n) is 17.7. The molecule has 4 rings (SSSR count). The van der Waals surface area contributed by atoms with Gasteiger partial charge in [0.05, 0.1) is 4.92 Å². The highest BCUT2D eigenvalue weighted by atomic mass is 16.6. The fourth-order valence-electron chi connectivity index (χ4n) is 3.50. The molecule has 0 saturated heterocycles. The normalized spacial score (nSPS) is 10.8. The molecule has 4 aromatic rings. The summed E-state index contributed by atoms with van der Waals surface area (Å²) in [5, 5.41) is 13.7. The Labute approximate surface area is 184 Å². The summed E-state index contributed by atoms with van der Waals surface area (Å²) in [6.45, 7) is 6.11. The summed E-state index contributed by atoms with van der Waals surface area (Å²) in [5.41, 5.74) is 3.78. The summed E-state index contributed by atoms with van der Waals surface area (Å²) in [4.78, 5) is 29.7. The van der Waals surface area contributed by atoms with Gasteiger partial charge in [0.2, 0.25) is 5.89 Å². The first-order valence-electron chi connectivity index (χ1n) is 10.3. The molecule has 0 unspecified atom stereocenters. The third kappa shape index (κ3) is 4.29. The second kappa shape index (κ2) is 8.89. The van der Waals surface area contributed by atoms with Gasteiger partial charge in [0.1, 0.15) is 5.52 Å². The molecule has 0 fully saturated rings. The fourth-order valence-corrected chi connectivity index (χ4v) is 3.50. The first-order valence-corrected chi connectivity index (χ1v) is 10.3. The predicted molar refractivity (Wildman–Crippen MR) is 124 cm³/mol. The van der Waals surface area contributed by atoms with Gasteiger partial charge in [0, 0.05) is 47.7 Å². The molecular weight excluding hydrogens is 408 g/mol. The SMILES string of the molecule is CCN(CC)c1ccc(-c2nc3cc(NC(=O)c4cccc([N+](=O)[O-])c4)ccc3o2)cc1. The molecule has 162 valence electrons. The van der Waals surface area contributed by atoms with Crippen LogP contribution in [0.15, 0.2) is 71.1 Å². The number of nitro groups is 1. The number of nitrogens with zero attached hydrogens (tertiary/aromatic N) is 3. The van der Waals surface area contributed by atoms with Crippen molar-refractivity contribution in [3.8, 4) is 11.5 Å². The Bertz CT molecular complexity index is 1280. The second-order valence-corrected chi connectivity index (χ2v) is 7.18. The molecule has 0 aliphatic heterocycles. The Morgan fingerprint density at radius 2 is 1.81 bits per heavy atom. The van der Waals surface area contributed by atoms with Crippen molar-refractivity contribution in [3.63, 3.8) is 0 Å². The molecule has 8 heteroatoms. The van der Waals surface area contributed by atoms with E-state index in [1.807, 2.05) is 24.3 Å². The van der Waals surface area contributed by atoms with E-state index in [9.17, 15) is 14.9 Å². The highest BCUT2D eigenvalue weighted by Gasteiger charge is 2.14. The third-order valence-electron chi connectivity index (χ3n) is 5.21. The molecule has 0 aliphatic carbocycles. The van der Waals surface area contributed by atoms with Crippen molar-refractivity contribution < 1.29 is 14.1 Å². The predicted octanol–water partition coefficient (Wildman–Crippen LogP) is 5.50. The number of nitrogens with one attached hydrogen (secondary N) is 1. The second-order valence-electron chi connectivity index (χ2n) is 7.18. The number of amides is 1. The van der Waals surface area contributed by atoms with Gasteiger partial charge >= 0.3 is 0 Å². The maximum absolute atomic E-state index is 12.5. The van der Waals surface area contributed by atoms with Crippen molar-refractivity contribution in [1.29, 1.82) is 0 Å². The molecule has 8 nitrogen and oxygen atoms in total. The largest absolute Gasteiger partial charge is 0.436 e. The van der Waals surface area contributed by atoms with Crippen LogP contribution < -0.4 is 10.2 Å². The van der Waals surface area contributed by atoms with Crippen LogP contribution in [0.5, 0.6) is 0 Å². The first kappa shape index (κ1) is 21.0. The van der Waals surface area contributed by atoms with Crippen LogP contribution in [-0.4, -0.2) is 28.9 Å². The average Bonchev–Trinajstić information content (AvgIpc) is 3.24. The monoisotopic (exact) mass is 430 g/mol. The standard InChI is InChI=1S/C24H22N4O4/c1-3-27(4-2)19-11-8-16(9-12-19)24-26-21-15-18(10-13-22(21)32-24)25-23(29)17-6-5-7-20(14-17)28(30)31/h5-15H,3-4H2,1-2H3,(H,25,29). The Balaban J connectivity index is 1.55. The van der Waals surface area contributed by atoms with Crippen molar-refractivity contribution in [3.05, 3.63) is 82.4 Å². The summed E-state index contributed by atoms with van der Waals surface area (Å²) in [6.07, 6.45) is 0. The van der Waals surface area contributed by atoms with Gasteiger partial charge in [0.25, 0.3) is 11.6 Å². The van der Waals surface area contributed by atoms with Crippen LogP contribution in [0.3, 0.4) is 0 Å². The molecule has 0 saturated carbocycles. The molecular formula is C24H22N4O4. The van der Waals surface area contributed by atoms with Crippen LogP contribution in [-0.2, 0) is 0 Å². The Kier molecular flexibility index (Phi) is 5.85. The number of anilines is 2. The quantitative estimate of drug-likeness (QED) is 0.307. The maximum Gasteiger partial charge on any atom is 0.270 e. The first-order chi connectivity index (χ1) is 15.5. The Morgan fingerprint density at radius 1 is 1.06 bits per heavy atom. The van der Waals surface area contributed by atoms with Crippen molar-refractivity contribution in [2.75, 3.05) is 23.3 Å². The van der Waals surface area contributed by atoms with Crippen LogP contribution in [0.25, 0.3) is 22.6 Å². The molecule has 3 aromatic carbocycles. The minimum atomic E-state index is -0.533. The number of oxazole rings is 1. The number of fused-ring (bicyclic) bond motifs is 1. The molecule has 1 heterocycles. The van der Waals surface area contributed by atoms with Crippen molar-refractivity contribution in [2.45, 2.75) is 13.8 Å².